The van der Waals surface area contributed by atoms with Crippen molar-refractivity contribution in [2.75, 3.05) is 39.4 Å². The van der Waals surface area contributed by atoms with Crippen LogP contribution in [-0.4, -0.2) is 65.0 Å². The van der Waals surface area contributed by atoms with Crippen LogP contribution < -0.4 is 5.32 Å². The predicted molar refractivity (Wildman–Crippen MR) is 113 cm³/mol. The number of carbonyl (C=O) groups is 1. The summed E-state index contributed by atoms with van der Waals surface area (Å²) in [5.74, 6) is -0.0605. The van der Waals surface area contributed by atoms with Crippen LogP contribution in [0.1, 0.15) is 23.7 Å². The minimum atomic E-state index is -0.0605. The van der Waals surface area contributed by atoms with Crippen LogP contribution in [0, 0.1) is 0 Å². The molecule has 1 saturated heterocycles. The van der Waals surface area contributed by atoms with Gasteiger partial charge in [-0.15, -0.1) is 0 Å². The molecule has 0 spiro atoms. The van der Waals surface area contributed by atoms with E-state index in [1.165, 1.54) is 0 Å². The lowest BCUT2D eigenvalue weighted by Gasteiger charge is -2.26. The van der Waals surface area contributed by atoms with E-state index in [9.17, 15) is 4.79 Å². The van der Waals surface area contributed by atoms with E-state index in [0.717, 1.165) is 68.0 Å². The molecule has 7 heteroatoms. The molecule has 2 aromatic heterocycles. The van der Waals surface area contributed by atoms with Crippen molar-refractivity contribution in [3.63, 3.8) is 0 Å². The fourth-order valence-corrected chi connectivity index (χ4v) is 3.60. The number of nitrogens with one attached hydrogen (secondary N) is 1. The zero-order chi connectivity index (χ0) is 20.1. The number of fused-ring (bicyclic) bond motifs is 1. The first kappa shape index (κ1) is 19.5. The summed E-state index contributed by atoms with van der Waals surface area (Å²) in [6.45, 7) is 8.00. The Balaban J connectivity index is 1.49. The molecule has 1 N–H and O–H groups in total. The van der Waals surface area contributed by atoms with Crippen molar-refractivity contribution in [3.8, 4) is 11.3 Å². The number of nitrogens with zero attached hydrogens (tertiary/aromatic N) is 4. The molecule has 1 fully saturated rings. The highest BCUT2D eigenvalue weighted by Gasteiger charge is 2.15. The van der Waals surface area contributed by atoms with Gasteiger partial charge in [0.05, 0.1) is 36.2 Å². The number of para-hydroxylation sites is 1. The number of morpholine rings is 1. The highest BCUT2D eigenvalue weighted by molar-refractivity contribution is 6.07. The van der Waals surface area contributed by atoms with E-state index in [1.54, 1.807) is 6.20 Å². The second kappa shape index (κ2) is 9.15. The van der Waals surface area contributed by atoms with Crippen LogP contribution in [0.25, 0.3) is 22.2 Å². The van der Waals surface area contributed by atoms with E-state index in [-0.39, 0.29) is 5.91 Å². The van der Waals surface area contributed by atoms with Crippen LogP contribution >= 0.6 is 0 Å². The van der Waals surface area contributed by atoms with Crippen LogP contribution in [0.15, 0.2) is 42.7 Å². The lowest BCUT2D eigenvalue weighted by Crippen LogP contribution is -2.38. The first-order valence-electron chi connectivity index (χ1n) is 10.3. The fourth-order valence-electron chi connectivity index (χ4n) is 3.60. The Bertz CT molecular complexity index is 978. The number of hydrogen-bond acceptors (Lipinski definition) is 5. The van der Waals surface area contributed by atoms with E-state index in [4.69, 9.17) is 9.72 Å². The maximum absolute atomic E-state index is 13.0. The number of amides is 1. The number of aryl methyl sites for hydroxylation is 1. The molecule has 0 radical (unpaired) electrons. The van der Waals surface area contributed by atoms with Gasteiger partial charge in [0.1, 0.15) is 0 Å². The SMILES string of the molecule is CCn1cc(-c2cc(C(=O)NCCCN3CCOCC3)c3ccccc3n2)cn1. The van der Waals surface area contributed by atoms with Crippen LogP contribution in [-0.2, 0) is 11.3 Å². The van der Waals surface area contributed by atoms with Gasteiger partial charge in [0.15, 0.2) is 0 Å². The van der Waals surface area contributed by atoms with Gasteiger partial charge in [0, 0.05) is 43.3 Å². The fraction of sp³-hybridized carbons (Fsp3) is 0.409. The number of ether oxygens (including phenoxy) is 1. The Morgan fingerprint density at radius 2 is 2.07 bits per heavy atom. The molecule has 0 atom stereocenters. The van der Waals surface area contributed by atoms with Crippen molar-refractivity contribution in [1.29, 1.82) is 0 Å². The molecule has 152 valence electrons. The molecular weight excluding hydrogens is 366 g/mol. The first-order valence-corrected chi connectivity index (χ1v) is 10.3. The number of rotatable bonds is 7. The summed E-state index contributed by atoms with van der Waals surface area (Å²) in [4.78, 5) is 20.1. The van der Waals surface area contributed by atoms with Gasteiger partial charge in [-0.25, -0.2) is 4.98 Å². The smallest absolute Gasteiger partial charge is 0.252 e. The number of benzene rings is 1. The first-order chi connectivity index (χ1) is 14.2. The lowest BCUT2D eigenvalue weighted by atomic mass is 10.0. The predicted octanol–water partition coefficient (Wildman–Crippen LogP) is 2.57. The van der Waals surface area contributed by atoms with Crippen LogP contribution in [0.3, 0.4) is 0 Å². The number of hydrogen-bond donors (Lipinski definition) is 1. The molecule has 0 bridgehead atoms. The second-order valence-electron chi connectivity index (χ2n) is 7.22. The topological polar surface area (TPSA) is 72.3 Å². The third-order valence-electron chi connectivity index (χ3n) is 5.25. The van der Waals surface area contributed by atoms with Gasteiger partial charge in [-0.05, 0) is 32.0 Å². The van der Waals surface area contributed by atoms with Crippen LogP contribution in [0.5, 0.6) is 0 Å². The van der Waals surface area contributed by atoms with Gasteiger partial charge in [0.25, 0.3) is 5.91 Å². The lowest BCUT2D eigenvalue weighted by molar-refractivity contribution is 0.0374. The molecule has 1 aliphatic rings. The largest absolute Gasteiger partial charge is 0.379 e. The molecule has 1 aliphatic heterocycles. The van der Waals surface area contributed by atoms with Crippen molar-refractivity contribution >= 4 is 16.8 Å². The molecule has 1 amide bonds. The van der Waals surface area contributed by atoms with Crippen molar-refractivity contribution < 1.29 is 9.53 Å². The molecule has 4 rings (SSSR count). The number of aromatic nitrogens is 3. The van der Waals surface area contributed by atoms with Gasteiger partial charge in [0.2, 0.25) is 0 Å². The maximum atomic E-state index is 13.0. The molecule has 0 unspecified atom stereocenters. The molecule has 0 aliphatic carbocycles. The Labute approximate surface area is 170 Å². The van der Waals surface area contributed by atoms with Crippen molar-refractivity contribution in [2.24, 2.45) is 0 Å². The third-order valence-corrected chi connectivity index (χ3v) is 5.25. The summed E-state index contributed by atoms with van der Waals surface area (Å²) in [6, 6.07) is 9.64. The highest BCUT2D eigenvalue weighted by atomic mass is 16.5. The van der Waals surface area contributed by atoms with Gasteiger partial charge < -0.3 is 10.1 Å². The zero-order valence-corrected chi connectivity index (χ0v) is 16.8. The van der Waals surface area contributed by atoms with E-state index >= 15 is 0 Å². The minimum absolute atomic E-state index is 0.0605. The quantitative estimate of drug-likeness (QED) is 0.625. The van der Waals surface area contributed by atoms with Gasteiger partial charge in [-0.1, -0.05) is 18.2 Å². The van der Waals surface area contributed by atoms with Crippen molar-refractivity contribution in [3.05, 3.63) is 48.3 Å². The van der Waals surface area contributed by atoms with Gasteiger partial charge >= 0.3 is 0 Å². The van der Waals surface area contributed by atoms with Crippen molar-refractivity contribution in [2.45, 2.75) is 19.9 Å². The summed E-state index contributed by atoms with van der Waals surface area (Å²) >= 11 is 0. The van der Waals surface area contributed by atoms with E-state index in [0.29, 0.717) is 12.1 Å². The molecule has 3 aromatic rings. The summed E-state index contributed by atoms with van der Waals surface area (Å²) in [5, 5.41) is 8.28. The zero-order valence-electron chi connectivity index (χ0n) is 16.8. The van der Waals surface area contributed by atoms with Gasteiger partial charge in [-0.2, -0.15) is 5.10 Å². The molecule has 7 nitrogen and oxygen atoms in total. The average Bonchev–Trinajstić information content (AvgIpc) is 3.26. The third kappa shape index (κ3) is 4.63. The van der Waals surface area contributed by atoms with E-state index in [2.05, 4.69) is 15.3 Å². The monoisotopic (exact) mass is 393 g/mol. The van der Waals surface area contributed by atoms with Crippen LogP contribution in [0.2, 0.25) is 0 Å². The number of carbonyl (C=O) groups excluding carboxylic acids is 1. The Morgan fingerprint density at radius 3 is 2.86 bits per heavy atom. The number of pyridine rings is 1. The summed E-state index contributed by atoms with van der Waals surface area (Å²) in [7, 11) is 0. The average molecular weight is 393 g/mol. The van der Waals surface area contributed by atoms with E-state index < -0.39 is 0 Å². The highest BCUT2D eigenvalue weighted by Crippen LogP contribution is 2.24. The molecule has 1 aromatic carbocycles. The molecular formula is C22H27N5O2. The second-order valence-corrected chi connectivity index (χ2v) is 7.22. The summed E-state index contributed by atoms with van der Waals surface area (Å²) in [5.41, 5.74) is 3.15. The van der Waals surface area contributed by atoms with Gasteiger partial charge in [-0.3, -0.25) is 14.4 Å². The van der Waals surface area contributed by atoms with Crippen LogP contribution in [0.4, 0.5) is 0 Å². The minimum Gasteiger partial charge on any atom is -0.379 e. The maximum Gasteiger partial charge on any atom is 0.252 e. The molecule has 0 saturated carbocycles. The van der Waals surface area contributed by atoms with E-state index in [1.807, 2.05) is 48.1 Å². The Morgan fingerprint density at radius 1 is 1.24 bits per heavy atom. The summed E-state index contributed by atoms with van der Waals surface area (Å²) < 4.78 is 7.23. The molecule has 3 heterocycles. The van der Waals surface area contributed by atoms with Crippen molar-refractivity contribution in [1.82, 2.24) is 25.0 Å². The normalized spacial score (nSPS) is 14.9. The molecule has 29 heavy (non-hydrogen) atoms. The Hall–Kier alpha value is -2.77. The standard InChI is InChI=1S/C22H27N5O2/c1-2-27-16-17(15-24-27)21-14-19(18-6-3-4-7-20(18)25-21)22(28)23-8-5-9-26-10-12-29-13-11-26/h3-4,6-7,14-16H,2,5,8-13H2,1H3,(H,23,28). The summed E-state index contributed by atoms with van der Waals surface area (Å²) in [6.07, 6.45) is 4.68. The Kier molecular flexibility index (Phi) is 6.17.